The third-order valence-electron chi connectivity index (χ3n) is 3.71. The normalized spacial score (nSPS) is 18.0. The first kappa shape index (κ1) is 15.7. The van der Waals surface area contributed by atoms with E-state index in [2.05, 4.69) is 10.6 Å². The molecule has 1 aromatic carbocycles. The molecule has 23 heavy (non-hydrogen) atoms. The standard InChI is InChI=1S/C17H18N2O3S/c1-9-4-6-14(22-9)10(2)18-17(21)12-5-7-15-13(8-12)19-16(20)11(3)23-15/h4-8,10-11H,1-3H3,(H,18,21)(H,19,20). The molecular weight excluding hydrogens is 312 g/mol. The number of carbonyl (C=O) groups is 2. The van der Waals surface area contributed by atoms with E-state index in [1.165, 1.54) is 11.8 Å². The highest BCUT2D eigenvalue weighted by atomic mass is 32.2. The Morgan fingerprint density at radius 1 is 1.35 bits per heavy atom. The molecule has 120 valence electrons. The van der Waals surface area contributed by atoms with Gasteiger partial charge in [0.15, 0.2) is 0 Å². The number of hydrogen-bond acceptors (Lipinski definition) is 4. The highest BCUT2D eigenvalue weighted by Crippen LogP contribution is 2.36. The molecule has 0 saturated heterocycles. The van der Waals surface area contributed by atoms with Crippen LogP contribution in [0, 0.1) is 6.92 Å². The van der Waals surface area contributed by atoms with Crippen LogP contribution in [-0.4, -0.2) is 17.1 Å². The van der Waals surface area contributed by atoms with Crippen LogP contribution >= 0.6 is 11.8 Å². The first-order chi connectivity index (χ1) is 10.9. The predicted octanol–water partition coefficient (Wildman–Crippen LogP) is 3.51. The number of thioether (sulfide) groups is 1. The molecule has 0 radical (unpaired) electrons. The SMILES string of the molecule is Cc1ccc(C(C)NC(=O)c2ccc3c(c2)NC(=O)C(C)S3)o1. The van der Waals surface area contributed by atoms with E-state index >= 15 is 0 Å². The van der Waals surface area contributed by atoms with Gasteiger partial charge in [0.1, 0.15) is 11.5 Å². The van der Waals surface area contributed by atoms with E-state index < -0.39 is 0 Å². The molecule has 2 N–H and O–H groups in total. The quantitative estimate of drug-likeness (QED) is 0.903. The van der Waals surface area contributed by atoms with Crippen molar-refractivity contribution in [2.75, 3.05) is 5.32 Å². The highest BCUT2D eigenvalue weighted by molar-refractivity contribution is 8.00. The topological polar surface area (TPSA) is 71.3 Å². The summed E-state index contributed by atoms with van der Waals surface area (Å²) in [4.78, 5) is 25.1. The lowest BCUT2D eigenvalue weighted by Gasteiger charge is -2.22. The fourth-order valence-corrected chi connectivity index (χ4v) is 3.32. The second kappa shape index (κ2) is 6.12. The zero-order chi connectivity index (χ0) is 16.6. The molecule has 1 aromatic heterocycles. The van der Waals surface area contributed by atoms with Crippen LogP contribution in [0.2, 0.25) is 0 Å². The van der Waals surface area contributed by atoms with Gasteiger partial charge in [-0.05, 0) is 51.1 Å². The molecule has 2 amide bonds. The summed E-state index contributed by atoms with van der Waals surface area (Å²) < 4.78 is 5.52. The second-order valence-electron chi connectivity index (χ2n) is 5.60. The molecule has 1 aliphatic rings. The van der Waals surface area contributed by atoms with Crippen LogP contribution in [0.3, 0.4) is 0 Å². The maximum absolute atomic E-state index is 12.4. The summed E-state index contributed by atoms with van der Waals surface area (Å²) in [6.07, 6.45) is 0. The summed E-state index contributed by atoms with van der Waals surface area (Å²) in [5, 5.41) is 5.61. The van der Waals surface area contributed by atoms with E-state index in [0.717, 1.165) is 10.7 Å². The number of benzene rings is 1. The molecule has 2 atom stereocenters. The van der Waals surface area contributed by atoms with Crippen molar-refractivity contribution in [2.24, 2.45) is 0 Å². The Morgan fingerprint density at radius 2 is 2.13 bits per heavy atom. The van der Waals surface area contributed by atoms with Crippen LogP contribution in [0.5, 0.6) is 0 Å². The van der Waals surface area contributed by atoms with Crippen molar-refractivity contribution in [1.82, 2.24) is 5.32 Å². The van der Waals surface area contributed by atoms with E-state index in [1.807, 2.05) is 39.0 Å². The molecule has 2 aromatic rings. The van der Waals surface area contributed by atoms with Gasteiger partial charge >= 0.3 is 0 Å². The monoisotopic (exact) mass is 330 g/mol. The van der Waals surface area contributed by atoms with Crippen molar-refractivity contribution in [3.05, 3.63) is 47.4 Å². The smallest absolute Gasteiger partial charge is 0.251 e. The first-order valence-electron chi connectivity index (χ1n) is 7.43. The molecule has 0 spiro atoms. The van der Waals surface area contributed by atoms with Gasteiger partial charge in [-0.2, -0.15) is 0 Å². The van der Waals surface area contributed by atoms with Crippen molar-refractivity contribution in [3.8, 4) is 0 Å². The third kappa shape index (κ3) is 3.27. The van der Waals surface area contributed by atoms with Crippen LogP contribution in [-0.2, 0) is 4.79 Å². The minimum atomic E-state index is -0.226. The van der Waals surface area contributed by atoms with Gasteiger partial charge < -0.3 is 15.1 Å². The number of anilines is 1. The average molecular weight is 330 g/mol. The fraction of sp³-hybridized carbons (Fsp3) is 0.294. The summed E-state index contributed by atoms with van der Waals surface area (Å²) in [6, 6.07) is 8.84. The van der Waals surface area contributed by atoms with Crippen molar-refractivity contribution in [2.45, 2.75) is 37.0 Å². The second-order valence-corrected chi connectivity index (χ2v) is 6.99. The zero-order valence-corrected chi connectivity index (χ0v) is 14.0. The van der Waals surface area contributed by atoms with Gasteiger partial charge in [0.25, 0.3) is 5.91 Å². The van der Waals surface area contributed by atoms with Crippen molar-refractivity contribution < 1.29 is 14.0 Å². The number of amides is 2. The molecule has 2 heterocycles. The van der Waals surface area contributed by atoms with Crippen molar-refractivity contribution in [1.29, 1.82) is 0 Å². The largest absolute Gasteiger partial charge is 0.464 e. The number of hydrogen-bond donors (Lipinski definition) is 2. The lowest BCUT2D eigenvalue weighted by Crippen LogP contribution is -2.28. The van der Waals surface area contributed by atoms with Gasteiger partial charge in [0.05, 0.1) is 17.0 Å². The molecule has 5 nitrogen and oxygen atoms in total. The van der Waals surface area contributed by atoms with E-state index in [0.29, 0.717) is 17.0 Å². The Balaban J connectivity index is 1.75. The Morgan fingerprint density at radius 3 is 2.83 bits per heavy atom. The molecule has 0 saturated carbocycles. The van der Waals surface area contributed by atoms with Gasteiger partial charge in [0.2, 0.25) is 5.91 Å². The highest BCUT2D eigenvalue weighted by Gasteiger charge is 2.24. The number of furan rings is 1. The Hall–Kier alpha value is -2.21. The summed E-state index contributed by atoms with van der Waals surface area (Å²) in [7, 11) is 0. The van der Waals surface area contributed by atoms with E-state index in [4.69, 9.17) is 4.42 Å². The maximum atomic E-state index is 12.4. The van der Waals surface area contributed by atoms with Crippen LogP contribution < -0.4 is 10.6 Å². The number of aryl methyl sites for hydroxylation is 1. The zero-order valence-electron chi connectivity index (χ0n) is 13.2. The molecule has 2 unspecified atom stereocenters. The van der Waals surface area contributed by atoms with Gasteiger partial charge in [-0.25, -0.2) is 0 Å². The number of carbonyl (C=O) groups excluding carboxylic acids is 2. The third-order valence-corrected chi connectivity index (χ3v) is 4.89. The van der Waals surface area contributed by atoms with Crippen LogP contribution in [0.1, 0.15) is 41.8 Å². The van der Waals surface area contributed by atoms with Gasteiger partial charge in [-0.15, -0.1) is 11.8 Å². The van der Waals surface area contributed by atoms with E-state index in [-0.39, 0.29) is 23.1 Å². The summed E-state index contributed by atoms with van der Waals surface area (Å²) in [6.45, 7) is 5.59. The van der Waals surface area contributed by atoms with Crippen molar-refractivity contribution >= 4 is 29.3 Å². The summed E-state index contributed by atoms with van der Waals surface area (Å²) in [5.41, 5.74) is 1.20. The lowest BCUT2D eigenvalue weighted by atomic mass is 10.1. The van der Waals surface area contributed by atoms with Crippen molar-refractivity contribution in [3.63, 3.8) is 0 Å². The molecule has 0 fully saturated rings. The maximum Gasteiger partial charge on any atom is 0.251 e. The molecule has 0 bridgehead atoms. The first-order valence-corrected chi connectivity index (χ1v) is 8.31. The number of fused-ring (bicyclic) bond motifs is 1. The minimum Gasteiger partial charge on any atom is -0.464 e. The molecule has 3 rings (SSSR count). The fourth-order valence-electron chi connectivity index (χ4n) is 2.39. The number of rotatable bonds is 3. The van der Waals surface area contributed by atoms with E-state index in [1.54, 1.807) is 12.1 Å². The van der Waals surface area contributed by atoms with Crippen LogP contribution in [0.25, 0.3) is 0 Å². The van der Waals surface area contributed by atoms with Gasteiger partial charge in [-0.3, -0.25) is 9.59 Å². The predicted molar refractivity (Wildman–Crippen MR) is 89.7 cm³/mol. The van der Waals surface area contributed by atoms with E-state index in [9.17, 15) is 9.59 Å². The lowest BCUT2D eigenvalue weighted by molar-refractivity contribution is -0.115. The average Bonchev–Trinajstić information content (AvgIpc) is 2.94. The number of nitrogens with one attached hydrogen (secondary N) is 2. The van der Waals surface area contributed by atoms with Crippen LogP contribution in [0.4, 0.5) is 5.69 Å². The van der Waals surface area contributed by atoms with Crippen LogP contribution in [0.15, 0.2) is 39.6 Å². The van der Waals surface area contributed by atoms with Gasteiger partial charge in [-0.1, -0.05) is 0 Å². The molecule has 1 aliphatic heterocycles. The molecular formula is C17H18N2O3S. The molecule has 6 heteroatoms. The minimum absolute atomic E-state index is 0.0421. The molecule has 0 aliphatic carbocycles. The Kier molecular flexibility index (Phi) is 4.17. The summed E-state index contributed by atoms with van der Waals surface area (Å²) >= 11 is 1.50. The Labute approximate surface area is 138 Å². The Bertz CT molecular complexity index is 769. The summed E-state index contributed by atoms with van der Waals surface area (Å²) in [5.74, 6) is 1.28. The van der Waals surface area contributed by atoms with Gasteiger partial charge in [0, 0.05) is 10.5 Å².